The lowest BCUT2D eigenvalue weighted by Crippen LogP contribution is -2.41. The highest BCUT2D eigenvalue weighted by Gasteiger charge is 2.52. The van der Waals surface area contributed by atoms with Crippen molar-refractivity contribution in [2.24, 2.45) is 0 Å². The molecule has 4 rings (SSSR count). The molecule has 2 N–H and O–H groups in total. The lowest BCUT2D eigenvalue weighted by Gasteiger charge is -2.32. The maximum Gasteiger partial charge on any atom is 0.496 e. The van der Waals surface area contributed by atoms with E-state index < -0.39 is 24.4 Å². The summed E-state index contributed by atoms with van der Waals surface area (Å²) in [4.78, 5) is 33.5. The van der Waals surface area contributed by atoms with Crippen LogP contribution in [0.2, 0.25) is 5.02 Å². The molecule has 192 valence electrons. The SMILES string of the molecule is COc1nc(-c2cccc(B3OC(C)(C)C(C)(C)O3)c2Cl)cnc1CN(CC1CCC(=O)N1)C(=O)O. The van der Waals surface area contributed by atoms with E-state index in [1.165, 1.54) is 18.2 Å². The summed E-state index contributed by atoms with van der Waals surface area (Å²) in [6.07, 6.45) is 1.39. The fourth-order valence-corrected chi connectivity index (χ4v) is 4.48. The Labute approximate surface area is 215 Å². The van der Waals surface area contributed by atoms with Crippen molar-refractivity contribution in [1.82, 2.24) is 20.2 Å². The summed E-state index contributed by atoms with van der Waals surface area (Å²) in [5, 5.41) is 12.9. The van der Waals surface area contributed by atoms with E-state index in [0.717, 1.165) is 0 Å². The molecule has 0 radical (unpaired) electrons. The van der Waals surface area contributed by atoms with Gasteiger partial charge in [0.2, 0.25) is 11.8 Å². The van der Waals surface area contributed by atoms with Gasteiger partial charge in [0, 0.05) is 35.1 Å². The minimum absolute atomic E-state index is 0.0418. The predicted octanol–water partition coefficient (Wildman–Crippen LogP) is 2.86. The molecule has 2 amide bonds. The second kappa shape index (κ2) is 9.87. The number of aromatic nitrogens is 2. The molecule has 1 atom stereocenters. The molecule has 2 aliphatic heterocycles. The van der Waals surface area contributed by atoms with Crippen LogP contribution in [0.4, 0.5) is 4.79 Å². The number of methoxy groups -OCH3 is 1. The van der Waals surface area contributed by atoms with Crippen molar-refractivity contribution in [3.63, 3.8) is 0 Å². The van der Waals surface area contributed by atoms with Gasteiger partial charge >= 0.3 is 13.2 Å². The van der Waals surface area contributed by atoms with Gasteiger partial charge in [0.05, 0.1) is 36.7 Å². The smallest absolute Gasteiger partial charge is 0.480 e. The molecular weight excluding hydrogens is 487 g/mol. The van der Waals surface area contributed by atoms with E-state index in [1.807, 2.05) is 45.9 Å². The first-order valence-corrected chi connectivity index (χ1v) is 12.1. The molecule has 2 aliphatic rings. The molecule has 10 nitrogen and oxygen atoms in total. The molecular formula is C24H30BClN4O6. The Morgan fingerprint density at radius 3 is 2.58 bits per heavy atom. The Morgan fingerprint density at radius 2 is 2.00 bits per heavy atom. The monoisotopic (exact) mass is 516 g/mol. The highest BCUT2D eigenvalue weighted by molar-refractivity contribution is 6.66. The Bertz CT molecular complexity index is 1160. The van der Waals surface area contributed by atoms with E-state index in [4.69, 9.17) is 25.6 Å². The van der Waals surface area contributed by atoms with Crippen LogP contribution < -0.4 is 15.5 Å². The third kappa shape index (κ3) is 5.14. The standard InChI is InChI=1S/C24H30BClN4O6/c1-23(2)24(3,4)36-25(35-23)16-8-6-7-15(20(16)26)17-11-27-18(21(29-17)34-5)13-30(22(32)33)12-14-9-10-19(31)28-14/h6-8,11,14H,9-10,12-13H2,1-5H3,(H,28,31)(H,32,33). The first-order valence-electron chi connectivity index (χ1n) is 11.7. The maximum absolute atomic E-state index is 11.8. The van der Waals surface area contributed by atoms with Crippen LogP contribution in [0.1, 0.15) is 46.2 Å². The average molecular weight is 517 g/mol. The molecule has 3 heterocycles. The van der Waals surface area contributed by atoms with Gasteiger partial charge < -0.3 is 29.4 Å². The van der Waals surface area contributed by atoms with Crippen molar-refractivity contribution in [1.29, 1.82) is 0 Å². The lowest BCUT2D eigenvalue weighted by molar-refractivity contribution is -0.119. The molecule has 36 heavy (non-hydrogen) atoms. The quantitative estimate of drug-likeness (QED) is 0.539. The molecule has 0 bridgehead atoms. The minimum atomic E-state index is -1.12. The number of nitrogens with one attached hydrogen (secondary N) is 1. The first kappa shape index (κ1) is 26.2. The topological polar surface area (TPSA) is 123 Å². The number of nitrogens with zero attached hydrogens (tertiary/aromatic N) is 3. The Morgan fingerprint density at radius 1 is 1.31 bits per heavy atom. The van der Waals surface area contributed by atoms with E-state index in [0.29, 0.717) is 40.3 Å². The number of ether oxygens (including phenoxy) is 1. The summed E-state index contributed by atoms with van der Waals surface area (Å²) in [7, 11) is 0.805. The molecule has 1 aromatic carbocycles. The van der Waals surface area contributed by atoms with E-state index in [9.17, 15) is 14.7 Å². The van der Waals surface area contributed by atoms with Crippen LogP contribution in [0.3, 0.4) is 0 Å². The Kier molecular flexibility index (Phi) is 7.18. The summed E-state index contributed by atoms with van der Waals surface area (Å²) in [5.74, 6) is 0.109. The number of carbonyl (C=O) groups is 2. The summed E-state index contributed by atoms with van der Waals surface area (Å²) in [5.41, 5.74) is 1.08. The zero-order valence-electron chi connectivity index (χ0n) is 21.0. The highest BCUT2D eigenvalue weighted by Crippen LogP contribution is 2.38. The zero-order chi connectivity index (χ0) is 26.3. The Balaban J connectivity index is 1.59. The number of amides is 2. The van der Waals surface area contributed by atoms with Gasteiger partial charge in [-0.3, -0.25) is 9.78 Å². The number of carboxylic acid groups (broad SMARTS) is 1. The normalized spacial score (nSPS) is 20.3. The largest absolute Gasteiger partial charge is 0.496 e. The molecule has 1 aromatic heterocycles. The van der Waals surface area contributed by atoms with Gasteiger partial charge in [-0.15, -0.1) is 0 Å². The number of hydrogen-bond donors (Lipinski definition) is 2. The number of halogens is 1. The summed E-state index contributed by atoms with van der Waals surface area (Å²) >= 11 is 6.79. The molecule has 1 unspecified atom stereocenters. The third-order valence-corrected chi connectivity index (χ3v) is 7.38. The predicted molar refractivity (Wildman–Crippen MR) is 134 cm³/mol. The van der Waals surface area contributed by atoms with Crippen LogP contribution in [0.25, 0.3) is 11.3 Å². The second-order valence-electron chi connectivity index (χ2n) is 9.97. The van der Waals surface area contributed by atoms with Gasteiger partial charge in [-0.05, 0) is 34.1 Å². The van der Waals surface area contributed by atoms with Gasteiger partial charge in [0.15, 0.2) is 0 Å². The van der Waals surface area contributed by atoms with Crippen molar-refractivity contribution in [3.05, 3.63) is 35.1 Å². The van der Waals surface area contributed by atoms with Crippen LogP contribution in [-0.2, 0) is 20.6 Å². The summed E-state index contributed by atoms with van der Waals surface area (Å²) in [6, 6.07) is 5.26. The average Bonchev–Trinajstić information content (AvgIpc) is 3.31. The molecule has 2 saturated heterocycles. The zero-order valence-corrected chi connectivity index (χ0v) is 21.8. The van der Waals surface area contributed by atoms with Crippen molar-refractivity contribution < 1.29 is 28.7 Å². The lowest BCUT2D eigenvalue weighted by atomic mass is 9.78. The molecule has 12 heteroatoms. The molecule has 0 saturated carbocycles. The van der Waals surface area contributed by atoms with E-state index in [2.05, 4.69) is 15.3 Å². The minimum Gasteiger partial charge on any atom is -0.480 e. The Hall–Kier alpha value is -2.89. The van der Waals surface area contributed by atoms with E-state index >= 15 is 0 Å². The maximum atomic E-state index is 11.8. The van der Waals surface area contributed by atoms with Gasteiger partial charge in [-0.2, -0.15) is 0 Å². The van der Waals surface area contributed by atoms with Gasteiger partial charge in [0.1, 0.15) is 5.69 Å². The van der Waals surface area contributed by atoms with Crippen LogP contribution in [0.5, 0.6) is 5.88 Å². The molecule has 2 fully saturated rings. The molecule has 2 aromatic rings. The molecule has 0 aliphatic carbocycles. The third-order valence-electron chi connectivity index (χ3n) is 6.95. The highest BCUT2D eigenvalue weighted by atomic mass is 35.5. The van der Waals surface area contributed by atoms with Crippen molar-refractivity contribution in [3.8, 4) is 17.1 Å². The van der Waals surface area contributed by atoms with Crippen LogP contribution in [0.15, 0.2) is 24.4 Å². The molecule has 0 spiro atoms. The van der Waals surface area contributed by atoms with Gasteiger partial charge in [0.25, 0.3) is 0 Å². The fraction of sp³-hybridized carbons (Fsp3) is 0.500. The second-order valence-corrected chi connectivity index (χ2v) is 10.4. The van der Waals surface area contributed by atoms with Crippen molar-refractivity contribution >= 4 is 36.2 Å². The van der Waals surface area contributed by atoms with Crippen LogP contribution in [0, 0.1) is 0 Å². The number of rotatable bonds is 7. The number of benzene rings is 1. The van der Waals surface area contributed by atoms with Gasteiger partial charge in [-0.1, -0.05) is 29.8 Å². The summed E-state index contributed by atoms with van der Waals surface area (Å²) in [6.45, 7) is 8.00. The van der Waals surface area contributed by atoms with E-state index in [-0.39, 0.29) is 30.9 Å². The summed E-state index contributed by atoms with van der Waals surface area (Å²) < 4.78 is 17.8. The fourth-order valence-electron chi connectivity index (χ4n) is 4.17. The van der Waals surface area contributed by atoms with Crippen molar-refractivity contribution in [2.45, 2.75) is 64.3 Å². The van der Waals surface area contributed by atoms with Crippen LogP contribution in [-0.4, -0.2) is 70.0 Å². The number of carbonyl (C=O) groups excluding carboxylic acids is 1. The first-order chi connectivity index (χ1) is 16.9. The van der Waals surface area contributed by atoms with Gasteiger partial charge in [-0.25, -0.2) is 9.78 Å². The number of hydrogen-bond acceptors (Lipinski definition) is 7. The van der Waals surface area contributed by atoms with Crippen LogP contribution >= 0.6 is 11.6 Å². The van der Waals surface area contributed by atoms with Crippen molar-refractivity contribution in [2.75, 3.05) is 13.7 Å². The van der Waals surface area contributed by atoms with E-state index in [1.54, 1.807) is 0 Å².